The molecule has 104 valence electrons. The van der Waals surface area contributed by atoms with Crippen molar-refractivity contribution in [2.45, 2.75) is 32.0 Å². The summed E-state index contributed by atoms with van der Waals surface area (Å²) in [6.07, 6.45) is 0.296. The second-order valence-electron chi connectivity index (χ2n) is 5.55. The Morgan fingerprint density at radius 2 is 1.95 bits per heavy atom. The van der Waals surface area contributed by atoms with Crippen molar-refractivity contribution in [3.05, 3.63) is 59.7 Å². The Hall–Kier alpha value is -2.00. The molecule has 3 heteroatoms. The highest BCUT2D eigenvalue weighted by Crippen LogP contribution is 2.39. The summed E-state index contributed by atoms with van der Waals surface area (Å²) in [4.78, 5) is 2.06. The smallest absolute Gasteiger partial charge is 0.127 e. The van der Waals surface area contributed by atoms with Gasteiger partial charge in [-0.2, -0.15) is 0 Å². The van der Waals surface area contributed by atoms with Crippen molar-refractivity contribution in [2.75, 3.05) is 10.6 Å². The van der Waals surface area contributed by atoms with Crippen LogP contribution in [0.1, 0.15) is 30.4 Å². The van der Waals surface area contributed by atoms with E-state index in [0.717, 1.165) is 17.8 Å². The van der Waals surface area contributed by atoms with E-state index < -0.39 is 6.23 Å². The Labute approximate surface area is 119 Å². The maximum absolute atomic E-state index is 10.4. The summed E-state index contributed by atoms with van der Waals surface area (Å²) in [5.74, 6) is 0.329. The van der Waals surface area contributed by atoms with Gasteiger partial charge in [0, 0.05) is 17.9 Å². The molecule has 20 heavy (non-hydrogen) atoms. The van der Waals surface area contributed by atoms with Gasteiger partial charge in [0.2, 0.25) is 0 Å². The summed E-state index contributed by atoms with van der Waals surface area (Å²) < 4.78 is 0. The number of aliphatic hydroxyl groups is 1. The summed E-state index contributed by atoms with van der Waals surface area (Å²) in [5, 5.41) is 10.4. The van der Waals surface area contributed by atoms with Crippen molar-refractivity contribution >= 4 is 11.4 Å². The lowest BCUT2D eigenvalue weighted by molar-refractivity contribution is 0.143. The molecule has 0 saturated carbocycles. The fourth-order valence-electron chi connectivity index (χ4n) is 2.93. The zero-order valence-corrected chi connectivity index (χ0v) is 11.7. The van der Waals surface area contributed by atoms with E-state index in [1.165, 1.54) is 11.1 Å². The zero-order chi connectivity index (χ0) is 14.1. The van der Waals surface area contributed by atoms with E-state index in [2.05, 4.69) is 24.0 Å². The van der Waals surface area contributed by atoms with E-state index in [0.29, 0.717) is 12.5 Å². The molecular weight excluding hydrogens is 248 g/mol. The van der Waals surface area contributed by atoms with Crippen LogP contribution < -0.4 is 10.6 Å². The van der Waals surface area contributed by atoms with Gasteiger partial charge < -0.3 is 15.7 Å². The molecule has 0 spiro atoms. The first-order valence-electron chi connectivity index (χ1n) is 7.03. The third kappa shape index (κ3) is 2.37. The molecule has 3 nitrogen and oxygen atoms in total. The first kappa shape index (κ1) is 13.0. The van der Waals surface area contributed by atoms with Crippen LogP contribution in [0.2, 0.25) is 0 Å². The van der Waals surface area contributed by atoms with Crippen molar-refractivity contribution in [1.29, 1.82) is 0 Å². The van der Waals surface area contributed by atoms with Gasteiger partial charge in [0.25, 0.3) is 0 Å². The number of aliphatic hydroxyl groups excluding tert-OH is 1. The fourth-order valence-corrected chi connectivity index (χ4v) is 2.93. The number of benzene rings is 2. The second-order valence-corrected chi connectivity index (χ2v) is 5.55. The van der Waals surface area contributed by atoms with Gasteiger partial charge in [-0.1, -0.05) is 37.3 Å². The SMILES string of the molecule is CC1CC(O)N(Cc2ccccc2)c2ccc(N)cc21. The lowest BCUT2D eigenvalue weighted by Crippen LogP contribution is -2.39. The minimum absolute atomic E-state index is 0.329. The number of nitrogens with zero attached hydrogens (tertiary/aromatic N) is 1. The fraction of sp³-hybridized carbons (Fsp3) is 0.294. The Morgan fingerprint density at radius 3 is 2.70 bits per heavy atom. The number of anilines is 2. The molecule has 1 aliphatic rings. The molecule has 2 atom stereocenters. The molecule has 1 heterocycles. The molecule has 0 bridgehead atoms. The van der Waals surface area contributed by atoms with Gasteiger partial charge in [-0.15, -0.1) is 0 Å². The molecule has 0 fully saturated rings. The lowest BCUT2D eigenvalue weighted by Gasteiger charge is -2.39. The maximum Gasteiger partial charge on any atom is 0.127 e. The normalized spacial score (nSPS) is 21.6. The van der Waals surface area contributed by atoms with Gasteiger partial charge in [-0.05, 0) is 41.7 Å². The molecule has 2 aromatic rings. The molecule has 0 radical (unpaired) electrons. The lowest BCUT2D eigenvalue weighted by atomic mass is 9.89. The molecule has 0 aromatic heterocycles. The Bertz CT molecular complexity index is 597. The predicted octanol–water partition coefficient (Wildman–Crippen LogP) is 3.10. The van der Waals surface area contributed by atoms with Gasteiger partial charge in [0.15, 0.2) is 0 Å². The monoisotopic (exact) mass is 268 g/mol. The highest BCUT2D eigenvalue weighted by atomic mass is 16.3. The highest BCUT2D eigenvalue weighted by Gasteiger charge is 2.29. The van der Waals surface area contributed by atoms with Gasteiger partial charge >= 0.3 is 0 Å². The van der Waals surface area contributed by atoms with E-state index in [1.54, 1.807) is 0 Å². The second kappa shape index (κ2) is 5.17. The third-order valence-electron chi connectivity index (χ3n) is 4.01. The van der Waals surface area contributed by atoms with Crippen LogP contribution in [0.4, 0.5) is 11.4 Å². The summed E-state index contributed by atoms with van der Waals surface area (Å²) in [6.45, 7) is 2.85. The number of nitrogen functional groups attached to an aromatic ring is 1. The quantitative estimate of drug-likeness (QED) is 0.823. The molecule has 0 aliphatic carbocycles. The highest BCUT2D eigenvalue weighted by molar-refractivity contribution is 5.63. The van der Waals surface area contributed by atoms with Crippen LogP contribution >= 0.6 is 0 Å². The van der Waals surface area contributed by atoms with Crippen LogP contribution in [-0.2, 0) is 6.54 Å². The van der Waals surface area contributed by atoms with E-state index in [4.69, 9.17) is 5.73 Å². The Balaban J connectivity index is 1.97. The summed E-state index contributed by atoms with van der Waals surface area (Å²) >= 11 is 0. The first-order valence-corrected chi connectivity index (χ1v) is 7.03. The summed E-state index contributed by atoms with van der Waals surface area (Å²) in [7, 11) is 0. The third-order valence-corrected chi connectivity index (χ3v) is 4.01. The van der Waals surface area contributed by atoms with Gasteiger partial charge in [0.1, 0.15) is 6.23 Å². The van der Waals surface area contributed by atoms with E-state index in [1.807, 2.05) is 36.4 Å². The molecule has 1 aliphatic heterocycles. The average Bonchev–Trinajstić information content (AvgIpc) is 2.45. The molecular formula is C17H20N2O. The summed E-state index contributed by atoms with van der Waals surface area (Å²) in [6, 6.07) is 16.2. The van der Waals surface area contributed by atoms with Gasteiger partial charge in [-0.3, -0.25) is 0 Å². The largest absolute Gasteiger partial charge is 0.399 e. The minimum atomic E-state index is -0.443. The van der Waals surface area contributed by atoms with Gasteiger partial charge in [0.05, 0.1) is 0 Å². The van der Waals surface area contributed by atoms with Crippen LogP contribution in [0.5, 0.6) is 0 Å². The van der Waals surface area contributed by atoms with Crippen LogP contribution in [0.25, 0.3) is 0 Å². The van der Waals surface area contributed by atoms with Crippen molar-refractivity contribution in [1.82, 2.24) is 0 Å². The number of rotatable bonds is 2. The van der Waals surface area contributed by atoms with Crippen molar-refractivity contribution in [3.63, 3.8) is 0 Å². The van der Waals surface area contributed by atoms with Crippen LogP contribution in [-0.4, -0.2) is 11.3 Å². The zero-order valence-electron chi connectivity index (χ0n) is 11.7. The van der Waals surface area contributed by atoms with Crippen molar-refractivity contribution in [3.8, 4) is 0 Å². The molecule has 0 amide bonds. The Morgan fingerprint density at radius 1 is 1.20 bits per heavy atom. The van der Waals surface area contributed by atoms with Crippen molar-refractivity contribution < 1.29 is 5.11 Å². The minimum Gasteiger partial charge on any atom is -0.399 e. The standard InChI is InChI=1S/C17H20N2O/c1-12-9-17(20)19(11-13-5-3-2-4-6-13)16-8-7-14(18)10-15(12)16/h2-8,10,12,17,20H,9,11,18H2,1H3. The summed E-state index contributed by atoms with van der Waals surface area (Å²) in [5.41, 5.74) is 10.2. The predicted molar refractivity (Wildman–Crippen MR) is 82.5 cm³/mol. The number of hydrogen-bond donors (Lipinski definition) is 2. The van der Waals surface area contributed by atoms with E-state index >= 15 is 0 Å². The first-order chi connectivity index (χ1) is 9.65. The van der Waals surface area contributed by atoms with Crippen LogP contribution in [0, 0.1) is 0 Å². The van der Waals surface area contributed by atoms with Crippen LogP contribution in [0.15, 0.2) is 48.5 Å². The molecule has 3 rings (SSSR count). The van der Waals surface area contributed by atoms with Crippen molar-refractivity contribution in [2.24, 2.45) is 0 Å². The maximum atomic E-state index is 10.4. The number of nitrogens with two attached hydrogens (primary N) is 1. The molecule has 3 N–H and O–H groups in total. The van der Waals surface area contributed by atoms with Crippen LogP contribution in [0.3, 0.4) is 0 Å². The number of hydrogen-bond acceptors (Lipinski definition) is 3. The molecule has 2 unspecified atom stereocenters. The van der Waals surface area contributed by atoms with E-state index in [-0.39, 0.29) is 0 Å². The number of fused-ring (bicyclic) bond motifs is 1. The average molecular weight is 268 g/mol. The van der Waals surface area contributed by atoms with E-state index in [9.17, 15) is 5.11 Å². The molecule has 2 aromatic carbocycles. The Kier molecular flexibility index (Phi) is 3.36. The molecule has 0 saturated heterocycles. The van der Waals surface area contributed by atoms with Gasteiger partial charge in [-0.25, -0.2) is 0 Å². The topological polar surface area (TPSA) is 49.5 Å².